The van der Waals surface area contributed by atoms with E-state index in [1.165, 1.54) is 4.90 Å². The van der Waals surface area contributed by atoms with Crippen LogP contribution < -0.4 is 0 Å². The fourth-order valence-electron chi connectivity index (χ4n) is 3.65. The fourth-order valence-corrected chi connectivity index (χ4v) is 3.65. The maximum atomic E-state index is 13.0. The fraction of sp³-hybridized carbons (Fsp3) is 0.632. The summed E-state index contributed by atoms with van der Waals surface area (Å²) < 4.78 is 7.37. The van der Waals surface area contributed by atoms with Crippen LogP contribution in [0.1, 0.15) is 61.8 Å². The molecule has 25 heavy (non-hydrogen) atoms. The molecule has 0 aromatic carbocycles. The first-order chi connectivity index (χ1) is 11.8. The Morgan fingerprint density at radius 2 is 2.16 bits per heavy atom. The minimum absolute atomic E-state index is 0.268. The smallest absolute Gasteiger partial charge is 0.417 e. The lowest BCUT2D eigenvalue weighted by atomic mass is 9.92. The average Bonchev–Trinajstić information content (AvgIpc) is 2.73. The second kappa shape index (κ2) is 6.65. The van der Waals surface area contributed by atoms with Gasteiger partial charge in [0.1, 0.15) is 5.60 Å². The van der Waals surface area contributed by atoms with Crippen LogP contribution in [0.5, 0.6) is 0 Å². The Labute approximate surface area is 148 Å². The summed E-state index contributed by atoms with van der Waals surface area (Å²) in [6, 6.07) is 0. The van der Waals surface area contributed by atoms with Gasteiger partial charge in [0.25, 0.3) is 5.91 Å². The van der Waals surface area contributed by atoms with Gasteiger partial charge in [-0.2, -0.15) is 5.10 Å². The molecule has 3 heterocycles. The van der Waals surface area contributed by atoms with E-state index in [1.54, 1.807) is 20.8 Å². The Morgan fingerprint density at radius 1 is 1.40 bits per heavy atom. The molecule has 2 aliphatic heterocycles. The van der Waals surface area contributed by atoms with E-state index in [-0.39, 0.29) is 5.91 Å². The van der Waals surface area contributed by atoms with Crippen molar-refractivity contribution in [2.45, 2.75) is 65.0 Å². The number of fused-ring (bicyclic) bond motifs is 3. The molecule has 2 amide bonds. The van der Waals surface area contributed by atoms with E-state index in [0.717, 1.165) is 43.6 Å². The number of rotatable bonds is 2. The minimum Gasteiger partial charge on any atom is -0.443 e. The van der Waals surface area contributed by atoms with E-state index in [1.807, 2.05) is 10.8 Å². The van der Waals surface area contributed by atoms with E-state index in [9.17, 15) is 9.59 Å². The summed E-state index contributed by atoms with van der Waals surface area (Å²) in [4.78, 5) is 26.6. The van der Waals surface area contributed by atoms with Crippen LogP contribution in [0, 0.1) is 5.92 Å². The van der Waals surface area contributed by atoms with Crippen molar-refractivity contribution in [1.29, 1.82) is 0 Å². The van der Waals surface area contributed by atoms with Crippen molar-refractivity contribution in [3.8, 4) is 0 Å². The minimum atomic E-state index is -0.622. The lowest BCUT2D eigenvalue weighted by Gasteiger charge is -2.28. The summed E-state index contributed by atoms with van der Waals surface area (Å²) in [6.45, 7) is 10.4. The Hall–Kier alpha value is -2.11. The number of aryl methyl sites for hydroxylation is 1. The van der Waals surface area contributed by atoms with Crippen LogP contribution in [0.4, 0.5) is 4.79 Å². The van der Waals surface area contributed by atoms with Crippen LogP contribution in [-0.2, 0) is 24.1 Å². The number of hydrogen-bond acceptors (Lipinski definition) is 4. The average molecular weight is 345 g/mol. The molecule has 1 aromatic rings. The molecule has 0 saturated carbocycles. The van der Waals surface area contributed by atoms with Gasteiger partial charge in [0.2, 0.25) is 0 Å². The summed E-state index contributed by atoms with van der Waals surface area (Å²) >= 11 is 0. The highest BCUT2D eigenvalue weighted by Crippen LogP contribution is 2.30. The van der Waals surface area contributed by atoms with Gasteiger partial charge in [-0.25, -0.2) is 9.69 Å². The van der Waals surface area contributed by atoms with Crippen LogP contribution in [-0.4, -0.2) is 38.8 Å². The van der Waals surface area contributed by atoms with E-state index < -0.39 is 11.7 Å². The van der Waals surface area contributed by atoms with E-state index in [4.69, 9.17) is 4.74 Å². The highest BCUT2D eigenvalue weighted by atomic mass is 16.6. The first kappa shape index (κ1) is 17.7. The van der Waals surface area contributed by atoms with Crippen LogP contribution in [0.15, 0.2) is 12.7 Å². The van der Waals surface area contributed by atoms with E-state index in [0.29, 0.717) is 24.4 Å². The first-order valence-corrected chi connectivity index (χ1v) is 9.04. The van der Waals surface area contributed by atoms with Crippen molar-refractivity contribution in [2.75, 3.05) is 6.54 Å². The van der Waals surface area contributed by atoms with Crippen molar-refractivity contribution in [3.63, 3.8) is 0 Å². The Morgan fingerprint density at radius 3 is 2.84 bits per heavy atom. The second-order valence-electron chi connectivity index (χ2n) is 7.92. The Kier molecular flexibility index (Phi) is 4.71. The molecule has 0 saturated heterocycles. The maximum absolute atomic E-state index is 13.0. The third kappa shape index (κ3) is 3.62. The van der Waals surface area contributed by atoms with Gasteiger partial charge >= 0.3 is 6.09 Å². The molecule has 6 nitrogen and oxygen atoms in total. The van der Waals surface area contributed by atoms with Gasteiger partial charge in [-0.15, -0.1) is 6.58 Å². The van der Waals surface area contributed by atoms with Gasteiger partial charge in [0.15, 0.2) is 0 Å². The van der Waals surface area contributed by atoms with Crippen molar-refractivity contribution < 1.29 is 14.3 Å². The zero-order valence-electron chi connectivity index (χ0n) is 15.4. The number of imide groups is 1. The molecule has 0 radical (unpaired) electrons. The number of hydrogen-bond donors (Lipinski definition) is 0. The van der Waals surface area contributed by atoms with Crippen LogP contribution in [0.25, 0.3) is 0 Å². The number of ether oxygens (including phenoxy) is 1. The lowest BCUT2D eigenvalue weighted by molar-refractivity contribution is 0.0233. The monoisotopic (exact) mass is 345 g/mol. The summed E-state index contributed by atoms with van der Waals surface area (Å²) in [5.74, 6) is 0.209. The van der Waals surface area contributed by atoms with Crippen molar-refractivity contribution >= 4 is 12.0 Å². The van der Waals surface area contributed by atoms with Gasteiger partial charge in [-0.1, -0.05) is 6.08 Å². The Balaban J connectivity index is 1.89. The molecule has 1 unspecified atom stereocenters. The quantitative estimate of drug-likeness (QED) is 0.771. The molecule has 2 aliphatic rings. The second-order valence-corrected chi connectivity index (χ2v) is 7.92. The molecule has 136 valence electrons. The zero-order chi connectivity index (χ0) is 18.2. The topological polar surface area (TPSA) is 64.4 Å². The number of amides is 2. The summed E-state index contributed by atoms with van der Waals surface area (Å²) in [5.41, 5.74) is 1.78. The summed E-state index contributed by atoms with van der Waals surface area (Å²) in [6.07, 6.45) is 5.86. The third-order valence-corrected chi connectivity index (χ3v) is 4.74. The number of aromatic nitrogens is 2. The molecule has 1 aromatic heterocycles. The molecular formula is C19H27N3O3. The van der Waals surface area contributed by atoms with Crippen LogP contribution in [0.2, 0.25) is 0 Å². The molecule has 0 bridgehead atoms. The molecule has 0 N–H and O–H groups in total. The molecule has 0 aliphatic carbocycles. The predicted molar refractivity (Wildman–Crippen MR) is 94.4 cm³/mol. The standard InChI is InChI=1S/C19H27N3O3/c1-5-7-13-8-6-10-22-15(12-13)16-14(20-22)9-11-21(17(16)23)18(24)25-19(2,3)4/h5,13H,1,6-12H2,2-4H3. The third-order valence-electron chi connectivity index (χ3n) is 4.74. The van der Waals surface area contributed by atoms with Gasteiger partial charge in [-0.05, 0) is 52.4 Å². The lowest BCUT2D eigenvalue weighted by Crippen LogP contribution is -2.44. The first-order valence-electron chi connectivity index (χ1n) is 9.04. The number of allylic oxidation sites excluding steroid dienone is 1. The van der Waals surface area contributed by atoms with Crippen molar-refractivity contribution in [1.82, 2.24) is 14.7 Å². The van der Waals surface area contributed by atoms with Gasteiger partial charge in [0.05, 0.1) is 17.0 Å². The zero-order valence-corrected chi connectivity index (χ0v) is 15.4. The Bertz CT molecular complexity index is 700. The number of carbonyl (C=O) groups excluding carboxylic acids is 2. The molecule has 6 heteroatoms. The van der Waals surface area contributed by atoms with Gasteiger partial charge in [0, 0.05) is 19.5 Å². The number of carbonyl (C=O) groups is 2. The molecule has 3 rings (SSSR count). The predicted octanol–water partition coefficient (Wildman–Crippen LogP) is 3.35. The van der Waals surface area contributed by atoms with E-state index >= 15 is 0 Å². The summed E-state index contributed by atoms with van der Waals surface area (Å²) in [5, 5.41) is 4.66. The molecule has 0 fully saturated rings. The highest BCUT2D eigenvalue weighted by Gasteiger charge is 2.37. The summed E-state index contributed by atoms with van der Waals surface area (Å²) in [7, 11) is 0. The van der Waals surface area contributed by atoms with Crippen LogP contribution >= 0.6 is 0 Å². The molecule has 1 atom stereocenters. The molecular weight excluding hydrogens is 318 g/mol. The van der Waals surface area contributed by atoms with Crippen molar-refractivity contribution in [2.24, 2.45) is 5.92 Å². The van der Waals surface area contributed by atoms with Crippen molar-refractivity contribution in [3.05, 3.63) is 29.6 Å². The van der Waals surface area contributed by atoms with E-state index in [2.05, 4.69) is 11.7 Å². The van der Waals surface area contributed by atoms with Crippen LogP contribution in [0.3, 0.4) is 0 Å². The molecule has 0 spiro atoms. The van der Waals surface area contributed by atoms with Gasteiger partial charge in [-0.3, -0.25) is 9.48 Å². The maximum Gasteiger partial charge on any atom is 0.417 e. The number of nitrogens with zero attached hydrogens (tertiary/aromatic N) is 3. The van der Waals surface area contributed by atoms with Gasteiger partial charge < -0.3 is 4.74 Å². The largest absolute Gasteiger partial charge is 0.443 e. The SMILES string of the molecule is C=CCC1CCCn2nc3c(c2C1)C(=O)N(C(=O)OC(C)(C)C)CC3. The highest BCUT2D eigenvalue weighted by molar-refractivity contribution is 6.05. The normalized spacial score (nSPS) is 20.5.